The Morgan fingerprint density at radius 2 is 1.97 bits per heavy atom. The highest BCUT2D eigenvalue weighted by Gasteiger charge is 2.35. The molecule has 1 saturated heterocycles. The normalized spacial score (nSPS) is 18.9. The molecule has 1 aliphatic rings. The number of carboxylic acid groups (broad SMARTS) is 1. The number of rotatable bonds is 5. The van der Waals surface area contributed by atoms with E-state index in [9.17, 15) is 8.42 Å². The highest BCUT2D eigenvalue weighted by atomic mass is 32.2. The van der Waals surface area contributed by atoms with E-state index in [-0.39, 0.29) is 24.2 Å². The van der Waals surface area contributed by atoms with Crippen molar-refractivity contribution in [2.24, 2.45) is 5.92 Å². The van der Waals surface area contributed by atoms with Crippen LogP contribution in [0.2, 0.25) is 0 Å². The number of ether oxygens (including phenoxy) is 1. The molecule has 0 saturated carbocycles. The molecule has 1 aliphatic heterocycles. The number of aromatic nitrogens is 3. The van der Waals surface area contributed by atoms with Crippen molar-refractivity contribution in [1.29, 1.82) is 0 Å². The monoisotopic (exact) mass is 432 g/mol. The minimum atomic E-state index is -3.31. The molecule has 0 aliphatic carbocycles. The van der Waals surface area contributed by atoms with Crippen molar-refractivity contribution in [3.05, 3.63) is 48.9 Å². The third-order valence-electron chi connectivity index (χ3n) is 5.06. The third-order valence-corrected chi connectivity index (χ3v) is 7.02. The van der Waals surface area contributed by atoms with Crippen molar-refractivity contribution in [1.82, 2.24) is 18.8 Å². The lowest BCUT2D eigenvalue weighted by atomic mass is 10.0. The first-order valence-electron chi connectivity index (χ1n) is 9.31. The molecule has 2 aromatic heterocycles. The van der Waals surface area contributed by atoms with Crippen LogP contribution >= 0.6 is 0 Å². The molecule has 30 heavy (non-hydrogen) atoms. The van der Waals surface area contributed by atoms with Gasteiger partial charge in [-0.1, -0.05) is 18.2 Å². The number of pyridine rings is 1. The van der Waals surface area contributed by atoms with Gasteiger partial charge in [0.2, 0.25) is 10.0 Å². The average Bonchev–Trinajstić information content (AvgIpc) is 3.36. The Morgan fingerprint density at radius 1 is 1.20 bits per heavy atom. The second-order valence-corrected chi connectivity index (χ2v) is 9.29. The smallest absolute Gasteiger partial charge is 0.290 e. The van der Waals surface area contributed by atoms with Gasteiger partial charge in [-0.15, -0.1) is 0 Å². The average molecular weight is 433 g/mol. The summed E-state index contributed by atoms with van der Waals surface area (Å²) in [7, 11) is -0.185. The van der Waals surface area contributed by atoms with Crippen molar-refractivity contribution in [2.45, 2.75) is 6.04 Å². The van der Waals surface area contributed by atoms with Gasteiger partial charge in [-0.25, -0.2) is 17.7 Å². The molecule has 1 fully saturated rings. The van der Waals surface area contributed by atoms with E-state index in [1.807, 2.05) is 41.1 Å². The summed E-state index contributed by atoms with van der Waals surface area (Å²) in [4.78, 5) is 17.3. The van der Waals surface area contributed by atoms with E-state index >= 15 is 0 Å². The van der Waals surface area contributed by atoms with E-state index in [1.54, 1.807) is 26.5 Å². The molecule has 0 unspecified atom stereocenters. The van der Waals surface area contributed by atoms with Gasteiger partial charge in [-0.05, 0) is 12.1 Å². The van der Waals surface area contributed by atoms with Crippen LogP contribution in [0.1, 0.15) is 6.04 Å². The molecular formula is C20H24N4O5S. The summed E-state index contributed by atoms with van der Waals surface area (Å²) < 4.78 is 33.7. The third kappa shape index (κ3) is 4.50. The fourth-order valence-electron chi connectivity index (χ4n) is 3.56. The summed E-state index contributed by atoms with van der Waals surface area (Å²) in [6.45, 7) is 0.645. The minimum absolute atomic E-state index is 0.0549. The van der Waals surface area contributed by atoms with Crippen molar-refractivity contribution >= 4 is 27.4 Å². The first kappa shape index (κ1) is 21.9. The molecule has 3 heterocycles. The zero-order chi connectivity index (χ0) is 21.7. The van der Waals surface area contributed by atoms with E-state index in [0.29, 0.717) is 13.2 Å². The minimum Gasteiger partial charge on any atom is -0.483 e. The van der Waals surface area contributed by atoms with Crippen LogP contribution < -0.4 is 0 Å². The number of sulfonamides is 1. The Kier molecular flexibility index (Phi) is 6.80. The first-order chi connectivity index (χ1) is 14.4. The Balaban J connectivity index is 0.000000806. The molecule has 3 aromatic rings. The second kappa shape index (κ2) is 9.33. The number of nitrogens with zero attached hydrogens (tertiary/aromatic N) is 4. The van der Waals surface area contributed by atoms with Crippen LogP contribution in [0.3, 0.4) is 0 Å². The summed E-state index contributed by atoms with van der Waals surface area (Å²) in [5.41, 5.74) is 1.88. The number of benzene rings is 1. The molecule has 1 aromatic carbocycles. The second-order valence-electron chi connectivity index (χ2n) is 7.07. The zero-order valence-corrected chi connectivity index (χ0v) is 17.6. The number of imidazole rings is 1. The van der Waals surface area contributed by atoms with E-state index in [4.69, 9.17) is 14.6 Å². The Hall–Kier alpha value is -2.82. The number of hydrogen-bond donors (Lipinski definition) is 1. The van der Waals surface area contributed by atoms with Gasteiger partial charge in [0.05, 0.1) is 30.5 Å². The van der Waals surface area contributed by atoms with Crippen molar-refractivity contribution in [3.8, 4) is 11.4 Å². The number of carbonyl (C=O) groups is 1. The van der Waals surface area contributed by atoms with Gasteiger partial charge >= 0.3 is 0 Å². The van der Waals surface area contributed by atoms with Crippen LogP contribution in [0.4, 0.5) is 0 Å². The molecular weight excluding hydrogens is 408 g/mol. The van der Waals surface area contributed by atoms with Crippen LogP contribution in [0.15, 0.2) is 48.9 Å². The molecule has 4 rings (SSSR count). The molecule has 0 spiro atoms. The summed E-state index contributed by atoms with van der Waals surface area (Å²) in [5.74, 6) is 0.731. The molecule has 0 radical (unpaired) electrons. The fraction of sp³-hybridized carbons (Fsp3) is 0.350. The molecule has 10 heteroatoms. The number of fused-ring (bicyclic) bond motifs is 1. The molecule has 160 valence electrons. The van der Waals surface area contributed by atoms with E-state index in [2.05, 4.69) is 9.97 Å². The highest BCUT2D eigenvalue weighted by molar-refractivity contribution is 7.89. The van der Waals surface area contributed by atoms with Gasteiger partial charge in [0.15, 0.2) is 0 Å². The van der Waals surface area contributed by atoms with Crippen LogP contribution in [0, 0.1) is 5.92 Å². The molecule has 0 amide bonds. The maximum absolute atomic E-state index is 12.4. The Bertz CT molecular complexity index is 1110. The predicted octanol–water partition coefficient (Wildman–Crippen LogP) is 1.88. The quantitative estimate of drug-likeness (QED) is 0.612. The van der Waals surface area contributed by atoms with Crippen LogP contribution in [0.5, 0.6) is 0 Å². The molecule has 9 nitrogen and oxygen atoms in total. The first-order valence-corrected chi connectivity index (χ1v) is 10.9. The maximum atomic E-state index is 12.4. The molecule has 0 bridgehead atoms. The topological polar surface area (TPSA) is 115 Å². The summed E-state index contributed by atoms with van der Waals surface area (Å²) in [6.07, 6.45) is 5.42. The lowest BCUT2D eigenvalue weighted by Gasteiger charge is -2.23. The zero-order valence-electron chi connectivity index (χ0n) is 16.7. The van der Waals surface area contributed by atoms with Crippen molar-refractivity contribution in [3.63, 3.8) is 0 Å². The molecule has 1 N–H and O–H groups in total. The van der Waals surface area contributed by atoms with Crippen molar-refractivity contribution < 1.29 is 23.1 Å². The largest absolute Gasteiger partial charge is 0.483 e. The Labute approximate surface area is 175 Å². The van der Waals surface area contributed by atoms with Crippen molar-refractivity contribution in [2.75, 3.05) is 33.1 Å². The van der Waals surface area contributed by atoms with Gasteiger partial charge in [-0.2, -0.15) is 0 Å². The van der Waals surface area contributed by atoms with Gasteiger partial charge in [0, 0.05) is 49.6 Å². The summed E-state index contributed by atoms with van der Waals surface area (Å²) in [5, 5.41) is 7.91. The van der Waals surface area contributed by atoms with Gasteiger partial charge < -0.3 is 14.4 Å². The van der Waals surface area contributed by atoms with E-state index in [0.717, 1.165) is 22.3 Å². The predicted molar refractivity (Wildman–Crippen MR) is 112 cm³/mol. The lowest BCUT2D eigenvalue weighted by Crippen LogP contribution is -2.32. The Morgan fingerprint density at radius 3 is 2.70 bits per heavy atom. The van der Waals surface area contributed by atoms with Crippen LogP contribution in [-0.2, 0) is 19.6 Å². The molecule has 2 atom stereocenters. The lowest BCUT2D eigenvalue weighted by molar-refractivity contribution is -0.122. The van der Waals surface area contributed by atoms with Gasteiger partial charge in [0.25, 0.3) is 6.47 Å². The van der Waals surface area contributed by atoms with Gasteiger partial charge in [0.1, 0.15) is 5.82 Å². The van der Waals surface area contributed by atoms with E-state index < -0.39 is 10.0 Å². The van der Waals surface area contributed by atoms with Crippen LogP contribution in [-0.4, -0.2) is 71.9 Å². The highest BCUT2D eigenvalue weighted by Crippen LogP contribution is 2.33. The fourth-order valence-corrected chi connectivity index (χ4v) is 4.72. The van der Waals surface area contributed by atoms with Gasteiger partial charge in [-0.3, -0.25) is 9.78 Å². The standard InChI is InChI=1S/C19H22N4O3S.CH2O2/c1-22(2)27(24,25)13-14-11-26-12-18(14)23-10-9-21-19(23)16-5-3-7-17-15(16)6-4-8-20-17;2-1-3/h3-10,14,18H,11-13H2,1-2H3;1H,(H,2,3)/t14-,18-;/m1./s1. The van der Waals surface area contributed by atoms with E-state index in [1.165, 1.54) is 4.31 Å². The SMILES string of the molecule is CN(C)S(=O)(=O)C[C@H]1COC[C@H]1n1ccnc1-c1cccc2ncccc12.O=CO. The summed E-state index contributed by atoms with van der Waals surface area (Å²) >= 11 is 0. The number of hydrogen-bond acceptors (Lipinski definition) is 6. The maximum Gasteiger partial charge on any atom is 0.290 e. The van der Waals surface area contributed by atoms with Crippen LogP contribution in [0.25, 0.3) is 22.3 Å². The summed E-state index contributed by atoms with van der Waals surface area (Å²) in [6, 6.07) is 9.80.